The van der Waals surface area contributed by atoms with Crippen molar-refractivity contribution in [3.63, 3.8) is 0 Å². The Balaban J connectivity index is 1.23. The number of unbranched alkanes of at least 4 members (excludes halogenated alkanes) is 1. The zero-order valence-corrected chi connectivity index (χ0v) is 14.2. The molecular formula is C19H26N4O. The summed E-state index contributed by atoms with van der Waals surface area (Å²) in [6.45, 7) is 1.49. The van der Waals surface area contributed by atoms with Crippen LogP contribution in [0, 0.1) is 5.92 Å². The average molecular weight is 326 g/mol. The molecule has 128 valence electrons. The number of carbonyl (C=O) groups excluding carboxylic acids is 1. The quantitative estimate of drug-likeness (QED) is 0.733. The van der Waals surface area contributed by atoms with Gasteiger partial charge >= 0.3 is 6.03 Å². The zero-order chi connectivity index (χ0) is 16.8. The average Bonchev–Trinajstić information content (AvgIpc) is 3.27. The van der Waals surface area contributed by atoms with Crippen LogP contribution >= 0.6 is 0 Å². The van der Waals surface area contributed by atoms with Crippen molar-refractivity contribution in [3.8, 4) is 0 Å². The van der Waals surface area contributed by atoms with Crippen LogP contribution < -0.4 is 10.6 Å². The molecule has 0 bridgehead atoms. The van der Waals surface area contributed by atoms with Gasteiger partial charge in [-0.2, -0.15) is 5.10 Å². The summed E-state index contributed by atoms with van der Waals surface area (Å²) in [7, 11) is 1.93. The van der Waals surface area contributed by atoms with Gasteiger partial charge in [0.1, 0.15) is 0 Å². The summed E-state index contributed by atoms with van der Waals surface area (Å²) >= 11 is 0. The Bertz CT molecular complexity index is 652. The summed E-state index contributed by atoms with van der Waals surface area (Å²) in [4.78, 5) is 11.8. The third-order valence-electron chi connectivity index (χ3n) is 4.61. The van der Waals surface area contributed by atoms with Gasteiger partial charge in [-0.1, -0.05) is 30.3 Å². The van der Waals surface area contributed by atoms with Crippen molar-refractivity contribution < 1.29 is 4.79 Å². The lowest BCUT2D eigenvalue weighted by Crippen LogP contribution is -2.37. The van der Waals surface area contributed by atoms with Crippen LogP contribution in [0.4, 0.5) is 4.79 Å². The van der Waals surface area contributed by atoms with Gasteiger partial charge in [-0.15, -0.1) is 0 Å². The van der Waals surface area contributed by atoms with Crippen molar-refractivity contribution in [3.05, 3.63) is 53.9 Å². The van der Waals surface area contributed by atoms with E-state index in [-0.39, 0.29) is 6.03 Å². The maximum absolute atomic E-state index is 11.8. The van der Waals surface area contributed by atoms with Gasteiger partial charge in [-0.05, 0) is 48.6 Å². The molecule has 1 aliphatic carbocycles. The fourth-order valence-electron chi connectivity index (χ4n) is 3.12. The lowest BCUT2D eigenvalue weighted by atomic mass is 10.1. The van der Waals surface area contributed by atoms with E-state index in [2.05, 4.69) is 40.0 Å². The molecule has 0 saturated heterocycles. The summed E-state index contributed by atoms with van der Waals surface area (Å²) in [5, 5.41) is 10.1. The van der Waals surface area contributed by atoms with Crippen molar-refractivity contribution >= 4 is 6.03 Å². The Kier molecular flexibility index (Phi) is 5.51. The third-order valence-corrected chi connectivity index (χ3v) is 4.61. The molecule has 24 heavy (non-hydrogen) atoms. The molecule has 1 aromatic heterocycles. The zero-order valence-electron chi connectivity index (χ0n) is 14.2. The van der Waals surface area contributed by atoms with E-state index in [9.17, 15) is 4.79 Å². The molecular weight excluding hydrogens is 300 g/mol. The molecule has 0 aliphatic heterocycles. The third kappa shape index (κ3) is 4.85. The maximum Gasteiger partial charge on any atom is 0.314 e. The highest BCUT2D eigenvalue weighted by Crippen LogP contribution is 2.46. The topological polar surface area (TPSA) is 59.0 Å². The Morgan fingerprint density at radius 3 is 2.83 bits per heavy atom. The number of nitrogens with zero attached hydrogens (tertiary/aromatic N) is 2. The van der Waals surface area contributed by atoms with Crippen LogP contribution in [0.25, 0.3) is 0 Å². The summed E-state index contributed by atoms with van der Waals surface area (Å²) < 4.78 is 1.82. The number of amides is 2. The Morgan fingerprint density at radius 2 is 2.08 bits per heavy atom. The molecule has 1 fully saturated rings. The fraction of sp³-hybridized carbons (Fsp3) is 0.474. The van der Waals surface area contributed by atoms with E-state index in [1.165, 1.54) is 17.5 Å². The van der Waals surface area contributed by atoms with E-state index >= 15 is 0 Å². The first-order valence-electron chi connectivity index (χ1n) is 8.76. The molecule has 1 saturated carbocycles. The summed E-state index contributed by atoms with van der Waals surface area (Å²) in [5.41, 5.74) is 2.64. The standard InChI is InChI=1S/C19H26N4O/c1-23-14-15(12-22-23)7-5-6-10-20-19(24)21-13-17-11-18(17)16-8-3-2-4-9-16/h2-4,8-9,12,14,17-18H,5-7,10-11,13H2,1H3,(H2,20,21,24)/t17-,18+/m1/s1. The molecule has 0 radical (unpaired) electrons. The van der Waals surface area contributed by atoms with E-state index in [0.717, 1.165) is 32.4 Å². The first-order valence-corrected chi connectivity index (χ1v) is 8.76. The smallest absolute Gasteiger partial charge is 0.314 e. The van der Waals surface area contributed by atoms with Crippen LogP contribution in [-0.4, -0.2) is 28.9 Å². The van der Waals surface area contributed by atoms with E-state index in [0.29, 0.717) is 11.8 Å². The van der Waals surface area contributed by atoms with Crippen LogP contribution in [0.3, 0.4) is 0 Å². The number of benzene rings is 1. The van der Waals surface area contributed by atoms with Crippen LogP contribution in [0.1, 0.15) is 36.3 Å². The number of urea groups is 1. The van der Waals surface area contributed by atoms with Gasteiger partial charge < -0.3 is 10.6 Å². The normalized spacial score (nSPS) is 19.0. The van der Waals surface area contributed by atoms with E-state index in [1.54, 1.807) is 0 Å². The first kappa shape index (κ1) is 16.6. The van der Waals surface area contributed by atoms with Crippen LogP contribution in [-0.2, 0) is 13.5 Å². The van der Waals surface area contributed by atoms with E-state index in [4.69, 9.17) is 0 Å². The van der Waals surface area contributed by atoms with Crippen molar-refractivity contribution in [2.75, 3.05) is 13.1 Å². The SMILES string of the molecule is Cn1cc(CCCCNC(=O)NC[C@H]2C[C@H]2c2ccccc2)cn1. The van der Waals surface area contributed by atoms with E-state index < -0.39 is 0 Å². The predicted octanol–water partition coefficient (Wildman–Crippen LogP) is 2.85. The van der Waals surface area contributed by atoms with Gasteiger partial charge in [-0.25, -0.2) is 4.79 Å². The first-order chi connectivity index (χ1) is 11.7. The molecule has 1 heterocycles. The number of hydrogen-bond donors (Lipinski definition) is 2. The molecule has 3 rings (SSSR count). The number of rotatable bonds is 8. The van der Waals surface area contributed by atoms with Crippen LogP contribution in [0.5, 0.6) is 0 Å². The minimum Gasteiger partial charge on any atom is -0.338 e. The molecule has 2 N–H and O–H groups in total. The largest absolute Gasteiger partial charge is 0.338 e. The monoisotopic (exact) mass is 326 g/mol. The minimum atomic E-state index is -0.0462. The highest BCUT2D eigenvalue weighted by molar-refractivity contribution is 5.73. The molecule has 1 aliphatic rings. The van der Waals surface area contributed by atoms with Crippen LogP contribution in [0.15, 0.2) is 42.7 Å². The highest BCUT2D eigenvalue weighted by Gasteiger charge is 2.37. The Morgan fingerprint density at radius 1 is 1.25 bits per heavy atom. The molecule has 5 nitrogen and oxygen atoms in total. The highest BCUT2D eigenvalue weighted by atomic mass is 16.2. The van der Waals surface area contributed by atoms with Gasteiger partial charge in [0, 0.05) is 26.3 Å². The van der Waals surface area contributed by atoms with Gasteiger partial charge in [0.05, 0.1) is 6.20 Å². The van der Waals surface area contributed by atoms with Gasteiger partial charge in [0.25, 0.3) is 0 Å². The second kappa shape index (κ2) is 7.99. The summed E-state index contributed by atoms with van der Waals surface area (Å²) in [6.07, 6.45) is 8.17. The molecule has 0 unspecified atom stereocenters. The minimum absolute atomic E-state index is 0.0462. The van der Waals surface area contributed by atoms with Crippen LogP contribution in [0.2, 0.25) is 0 Å². The van der Waals surface area contributed by atoms with Gasteiger partial charge in [-0.3, -0.25) is 4.68 Å². The molecule has 2 amide bonds. The second-order valence-electron chi connectivity index (χ2n) is 6.63. The van der Waals surface area contributed by atoms with Gasteiger partial charge in [0.15, 0.2) is 0 Å². The lowest BCUT2D eigenvalue weighted by Gasteiger charge is -2.07. The number of carbonyl (C=O) groups is 1. The number of nitrogens with one attached hydrogen (secondary N) is 2. The fourth-order valence-corrected chi connectivity index (χ4v) is 3.12. The molecule has 5 heteroatoms. The maximum atomic E-state index is 11.8. The van der Waals surface area contributed by atoms with Gasteiger partial charge in [0.2, 0.25) is 0 Å². The van der Waals surface area contributed by atoms with Crippen molar-refractivity contribution in [1.82, 2.24) is 20.4 Å². The Hall–Kier alpha value is -2.30. The summed E-state index contributed by atoms with van der Waals surface area (Å²) in [5.74, 6) is 1.20. The summed E-state index contributed by atoms with van der Waals surface area (Å²) in [6, 6.07) is 10.5. The predicted molar refractivity (Wildman–Crippen MR) is 94.8 cm³/mol. The van der Waals surface area contributed by atoms with Crippen molar-refractivity contribution in [2.24, 2.45) is 13.0 Å². The lowest BCUT2D eigenvalue weighted by molar-refractivity contribution is 0.240. The molecule has 2 aromatic rings. The number of aromatic nitrogens is 2. The molecule has 1 aromatic carbocycles. The molecule has 0 spiro atoms. The van der Waals surface area contributed by atoms with Crippen molar-refractivity contribution in [2.45, 2.75) is 31.6 Å². The molecule has 2 atom stereocenters. The van der Waals surface area contributed by atoms with E-state index in [1.807, 2.05) is 30.2 Å². The number of aryl methyl sites for hydroxylation is 2. The second-order valence-corrected chi connectivity index (χ2v) is 6.63. The van der Waals surface area contributed by atoms with Crippen molar-refractivity contribution in [1.29, 1.82) is 0 Å². The number of hydrogen-bond acceptors (Lipinski definition) is 2. The Labute approximate surface area is 143 Å².